The fourth-order valence-corrected chi connectivity index (χ4v) is 3.14. The van der Waals surface area contributed by atoms with Crippen LogP contribution in [0.1, 0.15) is 32.8 Å². The molecule has 26 heavy (non-hydrogen) atoms. The maximum absolute atomic E-state index is 12.4. The molecule has 0 N–H and O–H groups in total. The quantitative estimate of drug-likeness (QED) is 0.628. The number of para-hydroxylation sites is 1. The summed E-state index contributed by atoms with van der Waals surface area (Å²) in [5, 5.41) is 0. The fraction of sp³-hybridized carbons (Fsp3) is 0.409. The van der Waals surface area contributed by atoms with E-state index in [2.05, 4.69) is 6.92 Å². The topological polar surface area (TPSA) is 44.8 Å². The Hall–Kier alpha value is -2.33. The Kier molecular flexibility index (Phi) is 5.62. The van der Waals surface area contributed by atoms with Crippen molar-refractivity contribution < 1.29 is 19.0 Å². The second-order valence-electron chi connectivity index (χ2n) is 7.26. The van der Waals surface area contributed by atoms with Crippen LogP contribution in [0.5, 0.6) is 11.5 Å². The van der Waals surface area contributed by atoms with Gasteiger partial charge in [0.15, 0.2) is 0 Å². The average molecular weight is 354 g/mol. The van der Waals surface area contributed by atoms with Gasteiger partial charge in [-0.05, 0) is 36.2 Å². The van der Waals surface area contributed by atoms with Gasteiger partial charge in [0, 0.05) is 12.0 Å². The second kappa shape index (κ2) is 7.92. The maximum Gasteiger partial charge on any atom is 0.312 e. The molecule has 2 unspecified atom stereocenters. The van der Waals surface area contributed by atoms with E-state index in [1.54, 1.807) is 0 Å². The van der Waals surface area contributed by atoms with E-state index in [-0.39, 0.29) is 30.0 Å². The molecule has 1 aliphatic carbocycles. The van der Waals surface area contributed by atoms with Gasteiger partial charge in [-0.15, -0.1) is 0 Å². The van der Waals surface area contributed by atoms with E-state index < -0.39 is 0 Å². The molecule has 0 aliphatic heterocycles. The Balaban J connectivity index is 1.55. The van der Waals surface area contributed by atoms with Gasteiger partial charge in [-0.2, -0.15) is 0 Å². The van der Waals surface area contributed by atoms with Crippen molar-refractivity contribution in [2.75, 3.05) is 6.61 Å². The number of carbonyl (C=O) groups excluding carboxylic acids is 1. The first kappa shape index (κ1) is 18.5. The Bertz CT molecular complexity index is 739. The molecule has 0 heterocycles. The molecule has 0 bridgehead atoms. The zero-order chi connectivity index (χ0) is 18.6. The lowest BCUT2D eigenvalue weighted by molar-refractivity contribution is -0.148. The number of ether oxygens (including phenoxy) is 3. The molecule has 2 aromatic rings. The van der Waals surface area contributed by atoms with Crippen LogP contribution in [0.15, 0.2) is 54.6 Å². The van der Waals surface area contributed by atoms with Crippen LogP contribution in [0.2, 0.25) is 0 Å². The van der Waals surface area contributed by atoms with Crippen molar-refractivity contribution in [1.29, 1.82) is 0 Å². The van der Waals surface area contributed by atoms with Crippen molar-refractivity contribution >= 4 is 5.97 Å². The van der Waals surface area contributed by atoms with E-state index in [1.165, 1.54) is 0 Å². The van der Waals surface area contributed by atoms with Gasteiger partial charge in [-0.25, -0.2) is 0 Å². The zero-order valence-electron chi connectivity index (χ0n) is 15.6. The lowest BCUT2D eigenvalue weighted by Gasteiger charge is -2.09. The van der Waals surface area contributed by atoms with Crippen molar-refractivity contribution in [3.8, 4) is 11.5 Å². The third-order valence-electron chi connectivity index (χ3n) is 4.74. The Morgan fingerprint density at radius 1 is 1.04 bits per heavy atom. The molecule has 3 rings (SSSR count). The van der Waals surface area contributed by atoms with Gasteiger partial charge in [-0.1, -0.05) is 51.1 Å². The molecule has 2 atom stereocenters. The molecule has 4 heteroatoms. The summed E-state index contributed by atoms with van der Waals surface area (Å²) in [7, 11) is 0. The van der Waals surface area contributed by atoms with E-state index in [0.29, 0.717) is 6.61 Å². The summed E-state index contributed by atoms with van der Waals surface area (Å²) in [6.07, 6.45) is 0.908. The molecular formula is C22H26O4. The van der Waals surface area contributed by atoms with Crippen molar-refractivity contribution in [3.63, 3.8) is 0 Å². The van der Waals surface area contributed by atoms with E-state index in [9.17, 15) is 4.79 Å². The average Bonchev–Trinajstić information content (AvgIpc) is 3.19. The summed E-state index contributed by atoms with van der Waals surface area (Å²) in [4.78, 5) is 12.4. The maximum atomic E-state index is 12.4. The minimum Gasteiger partial charge on any atom is -0.461 e. The van der Waals surface area contributed by atoms with Crippen LogP contribution in [-0.2, 0) is 20.9 Å². The molecule has 0 amide bonds. The van der Waals surface area contributed by atoms with Gasteiger partial charge < -0.3 is 14.2 Å². The van der Waals surface area contributed by atoms with Crippen LogP contribution in [0.25, 0.3) is 0 Å². The summed E-state index contributed by atoms with van der Waals surface area (Å²) in [5.74, 6) is 1.13. The largest absolute Gasteiger partial charge is 0.461 e. The minimum atomic E-state index is -0.189. The molecule has 1 saturated carbocycles. The SMILES string of the molecule is CCCOC1C(C(=O)OCc2cccc(Oc3ccccc3)c2)C1(C)C. The first-order chi connectivity index (χ1) is 12.5. The highest BCUT2D eigenvalue weighted by molar-refractivity contribution is 5.78. The molecule has 1 fully saturated rings. The Morgan fingerprint density at radius 3 is 2.50 bits per heavy atom. The van der Waals surface area contributed by atoms with Gasteiger partial charge in [0.25, 0.3) is 0 Å². The molecule has 0 saturated heterocycles. The highest BCUT2D eigenvalue weighted by atomic mass is 16.5. The molecule has 2 aromatic carbocycles. The molecule has 138 valence electrons. The number of hydrogen-bond donors (Lipinski definition) is 0. The van der Waals surface area contributed by atoms with Crippen molar-refractivity contribution in [2.45, 2.75) is 39.9 Å². The normalized spacial score (nSPS) is 20.4. The monoisotopic (exact) mass is 354 g/mol. The van der Waals surface area contributed by atoms with Gasteiger partial charge >= 0.3 is 5.97 Å². The molecule has 0 radical (unpaired) electrons. The third kappa shape index (κ3) is 4.25. The van der Waals surface area contributed by atoms with Crippen molar-refractivity contribution in [3.05, 3.63) is 60.2 Å². The molecular weight excluding hydrogens is 328 g/mol. The Labute approximate surface area is 155 Å². The van der Waals surface area contributed by atoms with Gasteiger partial charge in [0.05, 0.1) is 12.0 Å². The van der Waals surface area contributed by atoms with Crippen molar-refractivity contribution in [1.82, 2.24) is 0 Å². The highest BCUT2D eigenvalue weighted by Gasteiger charge is 2.64. The van der Waals surface area contributed by atoms with Crippen molar-refractivity contribution in [2.24, 2.45) is 11.3 Å². The van der Waals surface area contributed by atoms with Gasteiger partial charge in [0.1, 0.15) is 18.1 Å². The van der Waals surface area contributed by atoms with E-state index in [4.69, 9.17) is 14.2 Å². The fourth-order valence-electron chi connectivity index (χ4n) is 3.14. The van der Waals surface area contributed by atoms with Crippen LogP contribution in [0, 0.1) is 11.3 Å². The summed E-state index contributed by atoms with van der Waals surface area (Å²) in [6.45, 7) is 7.07. The molecule has 4 nitrogen and oxygen atoms in total. The van der Waals surface area contributed by atoms with Gasteiger partial charge in [-0.3, -0.25) is 4.79 Å². The lowest BCUT2D eigenvalue weighted by atomic mass is 10.1. The standard InChI is InChI=1S/C22H26O4/c1-4-13-24-20-19(22(20,2)3)21(23)25-15-16-9-8-12-18(14-16)26-17-10-6-5-7-11-17/h5-12,14,19-20H,4,13,15H2,1-3H3. The second-order valence-corrected chi connectivity index (χ2v) is 7.26. The highest BCUT2D eigenvalue weighted by Crippen LogP contribution is 2.54. The number of benzene rings is 2. The predicted octanol–water partition coefficient (Wildman–Crippen LogP) is 4.97. The van der Waals surface area contributed by atoms with Crippen LogP contribution in [0.4, 0.5) is 0 Å². The first-order valence-corrected chi connectivity index (χ1v) is 9.12. The zero-order valence-corrected chi connectivity index (χ0v) is 15.6. The van der Waals surface area contributed by atoms with Crippen LogP contribution < -0.4 is 4.74 Å². The first-order valence-electron chi connectivity index (χ1n) is 9.12. The number of hydrogen-bond acceptors (Lipinski definition) is 4. The van der Waals surface area contributed by atoms with Crippen LogP contribution >= 0.6 is 0 Å². The summed E-state index contributed by atoms with van der Waals surface area (Å²) < 4.78 is 17.1. The van der Waals surface area contributed by atoms with Crippen LogP contribution in [-0.4, -0.2) is 18.7 Å². The third-order valence-corrected chi connectivity index (χ3v) is 4.74. The smallest absolute Gasteiger partial charge is 0.312 e. The number of esters is 1. The number of rotatable bonds is 8. The van der Waals surface area contributed by atoms with E-state index >= 15 is 0 Å². The molecule has 0 spiro atoms. The van der Waals surface area contributed by atoms with E-state index in [0.717, 1.165) is 23.5 Å². The predicted molar refractivity (Wildman–Crippen MR) is 100 cm³/mol. The lowest BCUT2D eigenvalue weighted by Crippen LogP contribution is -2.11. The molecule has 0 aromatic heterocycles. The minimum absolute atomic E-state index is 0.0392. The summed E-state index contributed by atoms with van der Waals surface area (Å²) in [5.41, 5.74) is 0.751. The van der Waals surface area contributed by atoms with Crippen LogP contribution in [0.3, 0.4) is 0 Å². The van der Waals surface area contributed by atoms with E-state index in [1.807, 2.05) is 68.4 Å². The number of carbonyl (C=O) groups is 1. The summed E-state index contributed by atoms with van der Waals surface area (Å²) in [6, 6.07) is 17.2. The molecule has 1 aliphatic rings. The van der Waals surface area contributed by atoms with Gasteiger partial charge in [0.2, 0.25) is 0 Å². The Morgan fingerprint density at radius 2 is 1.77 bits per heavy atom. The summed E-state index contributed by atoms with van der Waals surface area (Å²) >= 11 is 0.